The molecule has 3 aromatic rings. The normalized spacial score (nSPS) is 20.5. The predicted octanol–water partition coefficient (Wildman–Crippen LogP) is 3.43. The number of likely N-dealkylation sites (tertiary alicyclic amines) is 1. The topological polar surface area (TPSA) is 71.2 Å². The first-order valence-corrected chi connectivity index (χ1v) is 10.0. The van der Waals surface area contributed by atoms with Gasteiger partial charge < -0.3 is 24.6 Å². The number of aromatic nitrogens is 3. The number of alkyl halides is 4. The molecule has 1 saturated heterocycles. The Bertz CT molecular complexity index is 1050. The van der Waals surface area contributed by atoms with E-state index in [0.717, 1.165) is 11.1 Å². The van der Waals surface area contributed by atoms with Crippen molar-refractivity contribution >= 4 is 16.6 Å². The summed E-state index contributed by atoms with van der Waals surface area (Å²) in [6, 6.07) is 6.19. The second kappa shape index (κ2) is 8.46. The quantitative estimate of drug-likeness (QED) is 0.573. The molecule has 0 radical (unpaired) electrons. The van der Waals surface area contributed by atoms with Crippen LogP contribution in [0.15, 0.2) is 28.8 Å². The number of benzene rings is 1. The Morgan fingerprint density at radius 3 is 2.81 bits per heavy atom. The van der Waals surface area contributed by atoms with E-state index in [1.54, 1.807) is 31.3 Å². The Morgan fingerprint density at radius 2 is 2.10 bits per heavy atom. The Kier molecular flexibility index (Phi) is 5.89. The van der Waals surface area contributed by atoms with E-state index < -0.39 is 24.9 Å². The van der Waals surface area contributed by atoms with Crippen molar-refractivity contribution < 1.29 is 22.1 Å². The van der Waals surface area contributed by atoms with Crippen LogP contribution in [0.5, 0.6) is 0 Å². The molecular weight excluding hydrogens is 416 g/mol. The summed E-state index contributed by atoms with van der Waals surface area (Å²) in [5.41, 5.74) is 1.13. The number of nitrogens with zero attached hydrogens (tertiary/aromatic N) is 4. The minimum absolute atomic E-state index is 0.0688. The van der Waals surface area contributed by atoms with Crippen molar-refractivity contribution in [3.05, 3.63) is 30.2 Å². The van der Waals surface area contributed by atoms with Crippen LogP contribution in [0.25, 0.3) is 22.4 Å². The maximum Gasteiger partial charge on any atom is 0.406 e. The van der Waals surface area contributed by atoms with Crippen LogP contribution >= 0.6 is 0 Å². The number of fused-ring (bicyclic) bond motifs is 1. The van der Waals surface area contributed by atoms with Gasteiger partial charge in [0, 0.05) is 24.2 Å². The molecule has 2 unspecified atom stereocenters. The van der Waals surface area contributed by atoms with Crippen LogP contribution in [0.3, 0.4) is 0 Å². The third-order valence-corrected chi connectivity index (χ3v) is 5.39. The summed E-state index contributed by atoms with van der Waals surface area (Å²) in [6.45, 7) is 0.148. The van der Waals surface area contributed by atoms with Crippen molar-refractivity contribution in [3.8, 4) is 11.5 Å². The first-order valence-electron chi connectivity index (χ1n) is 10.0. The van der Waals surface area contributed by atoms with E-state index in [9.17, 15) is 17.6 Å². The molecule has 0 saturated carbocycles. The monoisotopic (exact) mass is 440 g/mol. The van der Waals surface area contributed by atoms with Crippen LogP contribution in [-0.2, 0) is 13.1 Å². The number of hydrogen-bond donors (Lipinski definition) is 2. The molecule has 3 heterocycles. The molecule has 0 spiro atoms. The fourth-order valence-electron chi connectivity index (χ4n) is 3.95. The Balaban J connectivity index is 1.76. The molecule has 2 N–H and O–H groups in total. The molecule has 0 bridgehead atoms. The Morgan fingerprint density at radius 1 is 1.29 bits per heavy atom. The second-order valence-electron chi connectivity index (χ2n) is 7.83. The number of anilines is 1. The molecule has 7 nitrogen and oxygen atoms in total. The van der Waals surface area contributed by atoms with Crippen LogP contribution in [0.4, 0.5) is 23.2 Å². The molecule has 1 aliphatic heterocycles. The molecule has 4 rings (SSSR count). The Labute approximate surface area is 176 Å². The zero-order chi connectivity index (χ0) is 22.2. The molecule has 1 aromatic carbocycles. The Hall–Kier alpha value is -2.66. The summed E-state index contributed by atoms with van der Waals surface area (Å²) in [6.07, 6.45) is -4.92. The minimum atomic E-state index is -4.44. The molecule has 2 aromatic heterocycles. The van der Waals surface area contributed by atoms with Crippen molar-refractivity contribution in [2.24, 2.45) is 0 Å². The lowest BCUT2D eigenvalue weighted by molar-refractivity contribution is -0.139. The average molecular weight is 440 g/mol. The maximum absolute atomic E-state index is 14.5. The van der Waals surface area contributed by atoms with Gasteiger partial charge in [0.05, 0.1) is 23.8 Å². The third kappa shape index (κ3) is 4.67. The van der Waals surface area contributed by atoms with E-state index in [-0.39, 0.29) is 17.4 Å². The number of hydrogen-bond acceptors (Lipinski definition) is 6. The van der Waals surface area contributed by atoms with Crippen LogP contribution in [0.1, 0.15) is 12.3 Å². The van der Waals surface area contributed by atoms with Crippen LogP contribution in [0.2, 0.25) is 0 Å². The number of halogens is 4. The van der Waals surface area contributed by atoms with Gasteiger partial charge in [-0.2, -0.15) is 18.2 Å². The van der Waals surface area contributed by atoms with Gasteiger partial charge in [0.1, 0.15) is 12.7 Å². The smallest absolute Gasteiger partial charge is 0.379 e. The molecule has 2 atom stereocenters. The summed E-state index contributed by atoms with van der Waals surface area (Å²) in [5, 5.41) is 10.5. The summed E-state index contributed by atoms with van der Waals surface area (Å²) in [7, 11) is 3.56. The van der Waals surface area contributed by atoms with Gasteiger partial charge in [0.25, 0.3) is 0 Å². The molecular formula is C20H24F4N6O. The SMILES string of the molecule is CNCc1nc(-c2cc3c(NC4CCN(C)CC4F)cccc3n2CC(F)(F)F)no1. The highest BCUT2D eigenvalue weighted by Gasteiger charge is 2.32. The van der Waals surface area contributed by atoms with Gasteiger partial charge in [0.15, 0.2) is 0 Å². The van der Waals surface area contributed by atoms with Crippen molar-refractivity contribution in [3.63, 3.8) is 0 Å². The van der Waals surface area contributed by atoms with Gasteiger partial charge in [-0.15, -0.1) is 0 Å². The van der Waals surface area contributed by atoms with E-state index in [1.165, 1.54) is 0 Å². The highest BCUT2D eigenvalue weighted by molar-refractivity contribution is 5.96. The summed E-state index contributed by atoms with van der Waals surface area (Å²) >= 11 is 0. The largest absolute Gasteiger partial charge is 0.406 e. The van der Waals surface area contributed by atoms with Crippen molar-refractivity contribution in [2.45, 2.75) is 37.9 Å². The summed E-state index contributed by atoms with van der Waals surface area (Å²) < 4.78 is 60.9. The average Bonchev–Trinajstić information content (AvgIpc) is 3.29. The van der Waals surface area contributed by atoms with E-state index in [0.29, 0.717) is 36.1 Å². The highest BCUT2D eigenvalue weighted by atomic mass is 19.4. The highest BCUT2D eigenvalue weighted by Crippen LogP contribution is 2.35. The van der Waals surface area contributed by atoms with Crippen LogP contribution in [-0.4, -0.2) is 65.2 Å². The van der Waals surface area contributed by atoms with E-state index in [1.807, 2.05) is 11.9 Å². The van der Waals surface area contributed by atoms with Gasteiger partial charge in [-0.05, 0) is 38.7 Å². The van der Waals surface area contributed by atoms with E-state index in [4.69, 9.17) is 4.52 Å². The zero-order valence-corrected chi connectivity index (χ0v) is 17.2. The molecule has 0 aliphatic carbocycles. The lowest BCUT2D eigenvalue weighted by atomic mass is 10.0. The molecule has 168 valence electrons. The second-order valence-corrected chi connectivity index (χ2v) is 7.83. The van der Waals surface area contributed by atoms with Gasteiger partial charge >= 0.3 is 6.18 Å². The number of piperidine rings is 1. The first-order chi connectivity index (χ1) is 14.7. The summed E-state index contributed by atoms with van der Waals surface area (Å²) in [5.74, 6) is 0.338. The zero-order valence-electron chi connectivity index (χ0n) is 17.2. The number of nitrogens with one attached hydrogen (secondary N) is 2. The van der Waals surface area contributed by atoms with Gasteiger partial charge in [-0.1, -0.05) is 11.2 Å². The number of rotatable bonds is 6. The third-order valence-electron chi connectivity index (χ3n) is 5.39. The van der Waals surface area contributed by atoms with E-state index >= 15 is 0 Å². The lowest BCUT2D eigenvalue weighted by Gasteiger charge is -2.33. The standard InChI is InChI=1S/C20H24F4N6O/c1-25-9-18-27-19(28-31-18)17-8-12-14(26-15-6-7-29(2)10-13(15)21)4-3-5-16(12)30(17)11-20(22,23)24/h3-5,8,13,15,25-26H,6-7,9-11H2,1-2H3. The van der Waals surface area contributed by atoms with E-state index in [2.05, 4.69) is 20.8 Å². The fraction of sp³-hybridized carbons (Fsp3) is 0.500. The van der Waals surface area contributed by atoms with Gasteiger partial charge in [-0.3, -0.25) is 0 Å². The fourth-order valence-corrected chi connectivity index (χ4v) is 3.95. The van der Waals surface area contributed by atoms with Gasteiger partial charge in [-0.25, -0.2) is 4.39 Å². The molecule has 1 fully saturated rings. The van der Waals surface area contributed by atoms with Crippen LogP contribution in [0, 0.1) is 0 Å². The maximum atomic E-state index is 14.5. The van der Waals surface area contributed by atoms with Crippen LogP contribution < -0.4 is 10.6 Å². The minimum Gasteiger partial charge on any atom is -0.379 e. The van der Waals surface area contributed by atoms with Crippen molar-refractivity contribution in [2.75, 3.05) is 32.5 Å². The molecule has 31 heavy (non-hydrogen) atoms. The van der Waals surface area contributed by atoms with Gasteiger partial charge in [0.2, 0.25) is 11.7 Å². The lowest BCUT2D eigenvalue weighted by Crippen LogP contribution is -2.46. The predicted molar refractivity (Wildman–Crippen MR) is 108 cm³/mol. The first kappa shape index (κ1) is 21.6. The van der Waals surface area contributed by atoms with Crippen molar-refractivity contribution in [1.29, 1.82) is 0 Å². The molecule has 0 amide bonds. The molecule has 11 heteroatoms. The molecule has 1 aliphatic rings. The van der Waals surface area contributed by atoms with Crippen molar-refractivity contribution in [1.82, 2.24) is 24.9 Å². The summed E-state index contributed by atoms with van der Waals surface area (Å²) in [4.78, 5) is 6.12.